The molecule has 56 heavy (non-hydrogen) atoms. The Bertz CT molecular complexity index is 3490. The van der Waals surface area contributed by atoms with Crippen LogP contribution in [-0.4, -0.2) is 0 Å². The molecule has 0 N–H and O–H groups in total. The van der Waals surface area contributed by atoms with Crippen molar-refractivity contribution < 1.29 is 13.3 Å². The lowest BCUT2D eigenvalue weighted by Crippen LogP contribution is -2.11. The first-order chi connectivity index (χ1) is 27.7. The first kappa shape index (κ1) is 30.9. The quantitative estimate of drug-likeness (QED) is 0.178. The second-order valence-electron chi connectivity index (χ2n) is 14.4. The fourth-order valence-electron chi connectivity index (χ4n) is 8.61. The Balaban J connectivity index is 1.04. The molecule has 3 aromatic heterocycles. The van der Waals surface area contributed by atoms with Gasteiger partial charge in [-0.1, -0.05) is 121 Å². The molecular weight excluding hydrogens is 687 g/mol. The van der Waals surface area contributed by atoms with E-state index in [1.807, 2.05) is 24.3 Å². The van der Waals surface area contributed by atoms with Crippen LogP contribution in [0.5, 0.6) is 0 Å². The number of furan rings is 3. The third kappa shape index (κ3) is 4.66. The molecule has 0 aliphatic heterocycles. The molecule has 0 amide bonds. The minimum atomic E-state index is 0.839. The van der Waals surface area contributed by atoms with Gasteiger partial charge in [0.1, 0.15) is 27.9 Å². The summed E-state index contributed by atoms with van der Waals surface area (Å²) in [4.78, 5) is 2.33. The van der Waals surface area contributed by atoms with Crippen LogP contribution >= 0.6 is 0 Å². The second-order valence-corrected chi connectivity index (χ2v) is 14.4. The number of nitrogens with zero attached hydrogens (tertiary/aromatic N) is 1. The van der Waals surface area contributed by atoms with Crippen LogP contribution in [0.15, 0.2) is 201 Å². The van der Waals surface area contributed by atoms with Crippen molar-refractivity contribution in [2.24, 2.45) is 0 Å². The minimum absolute atomic E-state index is 0.839. The van der Waals surface area contributed by atoms with Gasteiger partial charge in [0, 0.05) is 49.0 Å². The van der Waals surface area contributed by atoms with Crippen LogP contribution in [-0.2, 0) is 0 Å². The van der Waals surface area contributed by atoms with Gasteiger partial charge in [0.15, 0.2) is 5.58 Å². The Kier molecular flexibility index (Phi) is 6.60. The Hall–Kier alpha value is -7.56. The predicted molar refractivity (Wildman–Crippen MR) is 231 cm³/mol. The summed E-state index contributed by atoms with van der Waals surface area (Å²) in [7, 11) is 0. The SMILES string of the molecule is c1ccc(N(c2ccc(-c3ccc4c(c3)oc3ccccc34)cc2)c2cccc3c2oc2ccccc23)c(-c2ccc3oc4c5ccccc5ccc4c3c2)c1. The number of hydrogen-bond acceptors (Lipinski definition) is 4. The van der Waals surface area contributed by atoms with Crippen molar-refractivity contribution in [3.8, 4) is 22.3 Å². The zero-order valence-corrected chi connectivity index (χ0v) is 30.1. The van der Waals surface area contributed by atoms with Gasteiger partial charge in [-0.15, -0.1) is 0 Å². The highest BCUT2D eigenvalue weighted by Gasteiger charge is 2.23. The lowest BCUT2D eigenvalue weighted by molar-refractivity contribution is 0.668. The summed E-state index contributed by atoms with van der Waals surface area (Å²) in [6, 6.07) is 66.1. The molecule has 0 bridgehead atoms. The van der Waals surface area contributed by atoms with Gasteiger partial charge < -0.3 is 18.2 Å². The molecule has 9 aromatic carbocycles. The molecule has 0 spiro atoms. The summed E-state index contributed by atoms with van der Waals surface area (Å²) in [6.45, 7) is 0. The van der Waals surface area contributed by atoms with E-state index in [9.17, 15) is 0 Å². The number of hydrogen-bond donors (Lipinski definition) is 0. The van der Waals surface area contributed by atoms with Gasteiger partial charge in [0.2, 0.25) is 0 Å². The van der Waals surface area contributed by atoms with Crippen molar-refractivity contribution in [1.29, 1.82) is 0 Å². The molecule has 4 nitrogen and oxygen atoms in total. The van der Waals surface area contributed by atoms with E-state index in [1.54, 1.807) is 0 Å². The van der Waals surface area contributed by atoms with Crippen molar-refractivity contribution in [3.05, 3.63) is 188 Å². The highest BCUT2D eigenvalue weighted by molar-refractivity contribution is 6.16. The normalized spacial score (nSPS) is 11.9. The van der Waals surface area contributed by atoms with Crippen molar-refractivity contribution in [2.75, 3.05) is 4.90 Å². The number of anilines is 3. The molecule has 0 saturated carbocycles. The fraction of sp³-hybridized carbons (Fsp3) is 0. The Labute approximate surface area is 321 Å². The van der Waals surface area contributed by atoms with Gasteiger partial charge in [0.25, 0.3) is 0 Å². The smallest absolute Gasteiger partial charge is 0.159 e. The zero-order chi connectivity index (χ0) is 36.7. The standard InChI is InChI=1S/C52H31NO3/c1-2-12-38-33(10-1)22-28-43-44-30-35(24-29-49(44)55-51(38)43)37-11-3-6-16-45(37)53(46-17-9-15-42-40-14-5-8-19-48(40)56-52(42)46)36-25-20-32(21-26-36)34-23-27-41-39-13-4-7-18-47(39)54-50(41)31-34/h1-31H. The minimum Gasteiger partial charge on any atom is -0.456 e. The Morgan fingerprint density at radius 2 is 0.893 bits per heavy atom. The van der Waals surface area contributed by atoms with E-state index in [0.717, 1.165) is 111 Å². The lowest BCUT2D eigenvalue weighted by atomic mass is 9.98. The molecule has 0 unspecified atom stereocenters. The van der Waals surface area contributed by atoms with E-state index < -0.39 is 0 Å². The average Bonchev–Trinajstić information content (AvgIpc) is 3.95. The predicted octanol–water partition coefficient (Wildman–Crippen LogP) is 15.3. The molecule has 262 valence electrons. The Morgan fingerprint density at radius 1 is 0.304 bits per heavy atom. The molecule has 0 fully saturated rings. The highest BCUT2D eigenvalue weighted by atomic mass is 16.3. The van der Waals surface area contributed by atoms with Gasteiger partial charge in [-0.05, 0) is 88.8 Å². The monoisotopic (exact) mass is 717 g/mol. The molecule has 12 aromatic rings. The van der Waals surface area contributed by atoms with E-state index in [4.69, 9.17) is 13.3 Å². The zero-order valence-electron chi connectivity index (χ0n) is 30.1. The van der Waals surface area contributed by atoms with E-state index in [1.165, 1.54) is 5.39 Å². The second kappa shape index (κ2) is 12.0. The average molecular weight is 718 g/mol. The first-order valence-electron chi connectivity index (χ1n) is 18.9. The van der Waals surface area contributed by atoms with Gasteiger partial charge in [0.05, 0.1) is 11.4 Å². The fourth-order valence-corrected chi connectivity index (χ4v) is 8.61. The molecule has 0 atom stereocenters. The molecule has 12 rings (SSSR count). The summed E-state index contributed by atoms with van der Waals surface area (Å²) < 4.78 is 19.4. The van der Waals surface area contributed by atoms with Crippen LogP contribution in [0.2, 0.25) is 0 Å². The topological polar surface area (TPSA) is 42.7 Å². The molecule has 4 heteroatoms. The van der Waals surface area contributed by atoms with Crippen molar-refractivity contribution in [3.63, 3.8) is 0 Å². The van der Waals surface area contributed by atoms with E-state index >= 15 is 0 Å². The van der Waals surface area contributed by atoms with Crippen molar-refractivity contribution >= 4 is 93.7 Å². The number of rotatable bonds is 5. The number of benzene rings is 9. The molecular formula is C52H31NO3. The van der Waals surface area contributed by atoms with Crippen LogP contribution < -0.4 is 4.90 Å². The highest BCUT2D eigenvalue weighted by Crippen LogP contribution is 2.46. The van der Waals surface area contributed by atoms with Crippen LogP contribution in [0.3, 0.4) is 0 Å². The van der Waals surface area contributed by atoms with Crippen LogP contribution in [0.4, 0.5) is 17.1 Å². The summed E-state index contributed by atoms with van der Waals surface area (Å²) in [5, 5.41) is 8.92. The number of para-hydroxylation sites is 4. The molecule has 0 saturated heterocycles. The maximum Gasteiger partial charge on any atom is 0.159 e. The van der Waals surface area contributed by atoms with Gasteiger partial charge in [-0.25, -0.2) is 0 Å². The Morgan fingerprint density at radius 3 is 1.77 bits per heavy atom. The molecule has 0 radical (unpaired) electrons. The summed E-state index contributed by atoms with van der Waals surface area (Å²) >= 11 is 0. The van der Waals surface area contributed by atoms with Gasteiger partial charge in [-0.2, -0.15) is 0 Å². The summed E-state index contributed by atoms with van der Waals surface area (Å²) in [6.07, 6.45) is 0. The number of fused-ring (bicyclic) bond motifs is 11. The summed E-state index contributed by atoms with van der Waals surface area (Å²) in [5.41, 5.74) is 12.7. The van der Waals surface area contributed by atoms with Gasteiger partial charge in [-0.3, -0.25) is 0 Å². The van der Waals surface area contributed by atoms with Gasteiger partial charge >= 0.3 is 0 Å². The van der Waals surface area contributed by atoms with Crippen molar-refractivity contribution in [2.45, 2.75) is 0 Å². The summed E-state index contributed by atoms with van der Waals surface area (Å²) in [5.74, 6) is 0. The molecule has 3 heterocycles. The molecule has 0 aliphatic rings. The largest absolute Gasteiger partial charge is 0.456 e. The molecule has 0 aliphatic carbocycles. The van der Waals surface area contributed by atoms with E-state index in [2.05, 4.69) is 169 Å². The van der Waals surface area contributed by atoms with Crippen LogP contribution in [0.1, 0.15) is 0 Å². The lowest BCUT2D eigenvalue weighted by Gasteiger charge is -2.28. The van der Waals surface area contributed by atoms with E-state index in [-0.39, 0.29) is 0 Å². The maximum absolute atomic E-state index is 6.68. The van der Waals surface area contributed by atoms with Crippen LogP contribution in [0.25, 0.3) is 98.8 Å². The van der Waals surface area contributed by atoms with Crippen LogP contribution in [0, 0.1) is 0 Å². The first-order valence-corrected chi connectivity index (χ1v) is 18.9. The third-order valence-corrected chi connectivity index (χ3v) is 11.3. The maximum atomic E-state index is 6.68. The van der Waals surface area contributed by atoms with Crippen molar-refractivity contribution in [1.82, 2.24) is 0 Å². The third-order valence-electron chi connectivity index (χ3n) is 11.3. The van der Waals surface area contributed by atoms with E-state index in [0.29, 0.717) is 0 Å².